The minimum absolute atomic E-state index is 0.238. The SMILES string of the molecule is C#CCC(NN)C1(N2CCCCC2)CCCC1. The van der Waals surface area contributed by atoms with Crippen LogP contribution in [0.1, 0.15) is 51.4 Å². The molecule has 0 spiro atoms. The van der Waals surface area contributed by atoms with Crippen molar-refractivity contribution in [1.82, 2.24) is 10.3 Å². The van der Waals surface area contributed by atoms with E-state index in [0.717, 1.165) is 6.42 Å². The van der Waals surface area contributed by atoms with E-state index < -0.39 is 0 Å². The highest BCUT2D eigenvalue weighted by Gasteiger charge is 2.45. The fraction of sp³-hybridized carbons (Fsp3) is 0.857. The summed E-state index contributed by atoms with van der Waals surface area (Å²) in [4.78, 5) is 2.67. The fourth-order valence-corrected chi connectivity index (χ4v) is 3.73. The van der Waals surface area contributed by atoms with E-state index in [1.807, 2.05) is 0 Å². The van der Waals surface area contributed by atoms with Crippen LogP contribution >= 0.6 is 0 Å². The maximum absolute atomic E-state index is 5.76. The molecule has 3 N–H and O–H groups in total. The predicted molar refractivity (Wildman–Crippen MR) is 71.2 cm³/mol. The molecule has 0 amide bonds. The van der Waals surface area contributed by atoms with Gasteiger partial charge in [0.05, 0.1) is 6.04 Å². The van der Waals surface area contributed by atoms with Crippen LogP contribution in [0.25, 0.3) is 0 Å². The molecule has 1 aliphatic heterocycles. The molecule has 3 heteroatoms. The summed E-state index contributed by atoms with van der Waals surface area (Å²) < 4.78 is 0. The Morgan fingerprint density at radius 1 is 1.18 bits per heavy atom. The summed E-state index contributed by atoms with van der Waals surface area (Å²) in [5.41, 5.74) is 3.24. The van der Waals surface area contributed by atoms with E-state index in [1.165, 1.54) is 58.0 Å². The first kappa shape index (κ1) is 12.9. The summed E-state index contributed by atoms with van der Waals surface area (Å²) in [6.07, 6.45) is 15.4. The first-order chi connectivity index (χ1) is 8.33. The normalized spacial score (nSPS) is 26.6. The van der Waals surface area contributed by atoms with Crippen LogP contribution in [-0.4, -0.2) is 29.6 Å². The zero-order chi connectivity index (χ0) is 12.1. The van der Waals surface area contributed by atoms with Crippen LogP contribution in [-0.2, 0) is 0 Å². The molecule has 1 unspecified atom stereocenters. The standard InChI is InChI=1S/C14H25N3/c1-2-8-13(16-15)14(9-4-5-10-14)17-11-6-3-7-12-17/h1,13,16H,3-12,15H2. The number of nitrogens with two attached hydrogens (primary N) is 1. The van der Waals surface area contributed by atoms with Crippen LogP contribution in [0.4, 0.5) is 0 Å². The molecule has 2 rings (SSSR count). The maximum atomic E-state index is 5.76. The van der Waals surface area contributed by atoms with Crippen molar-refractivity contribution in [2.75, 3.05) is 13.1 Å². The van der Waals surface area contributed by atoms with Gasteiger partial charge in [0.2, 0.25) is 0 Å². The van der Waals surface area contributed by atoms with E-state index in [-0.39, 0.29) is 11.6 Å². The highest BCUT2D eigenvalue weighted by Crippen LogP contribution is 2.40. The van der Waals surface area contributed by atoms with Crippen LogP contribution in [0.5, 0.6) is 0 Å². The Labute approximate surface area is 105 Å². The van der Waals surface area contributed by atoms with Gasteiger partial charge in [0.15, 0.2) is 0 Å². The van der Waals surface area contributed by atoms with Crippen molar-refractivity contribution in [1.29, 1.82) is 0 Å². The fourth-order valence-electron chi connectivity index (χ4n) is 3.73. The van der Waals surface area contributed by atoms with E-state index in [0.29, 0.717) is 0 Å². The lowest BCUT2D eigenvalue weighted by atomic mass is 9.83. The molecule has 1 saturated heterocycles. The Bertz CT molecular complexity index is 270. The lowest BCUT2D eigenvalue weighted by molar-refractivity contribution is 0.0380. The number of likely N-dealkylation sites (tertiary alicyclic amines) is 1. The molecule has 0 aromatic rings. The van der Waals surface area contributed by atoms with Gasteiger partial charge in [-0.25, -0.2) is 0 Å². The average Bonchev–Trinajstić information content (AvgIpc) is 2.87. The van der Waals surface area contributed by atoms with Crippen molar-refractivity contribution in [3.8, 4) is 12.3 Å². The van der Waals surface area contributed by atoms with Crippen molar-refractivity contribution < 1.29 is 0 Å². The van der Waals surface area contributed by atoms with Crippen molar-refractivity contribution in [2.24, 2.45) is 5.84 Å². The second-order valence-corrected chi connectivity index (χ2v) is 5.49. The minimum Gasteiger partial charge on any atom is -0.296 e. The number of hydrogen-bond donors (Lipinski definition) is 2. The lowest BCUT2D eigenvalue weighted by Crippen LogP contribution is -2.62. The summed E-state index contributed by atoms with van der Waals surface area (Å²) in [7, 11) is 0. The average molecular weight is 235 g/mol. The summed E-state index contributed by atoms with van der Waals surface area (Å²) in [6.45, 7) is 2.45. The predicted octanol–water partition coefficient (Wildman–Crippen LogP) is 1.64. The van der Waals surface area contributed by atoms with Gasteiger partial charge in [-0.1, -0.05) is 19.3 Å². The molecular formula is C14H25N3. The van der Waals surface area contributed by atoms with Gasteiger partial charge >= 0.3 is 0 Å². The third kappa shape index (κ3) is 2.49. The summed E-state index contributed by atoms with van der Waals surface area (Å²) in [5, 5.41) is 0. The molecule has 0 aromatic carbocycles. The first-order valence-electron chi connectivity index (χ1n) is 6.98. The molecule has 0 aromatic heterocycles. The molecular weight excluding hydrogens is 210 g/mol. The van der Waals surface area contributed by atoms with E-state index in [9.17, 15) is 0 Å². The molecule has 1 heterocycles. The van der Waals surface area contributed by atoms with Crippen molar-refractivity contribution in [3.63, 3.8) is 0 Å². The van der Waals surface area contributed by atoms with Crippen molar-refractivity contribution in [2.45, 2.75) is 62.9 Å². The van der Waals surface area contributed by atoms with E-state index in [4.69, 9.17) is 12.3 Å². The topological polar surface area (TPSA) is 41.3 Å². The lowest BCUT2D eigenvalue weighted by Gasteiger charge is -2.48. The Morgan fingerprint density at radius 3 is 2.35 bits per heavy atom. The monoisotopic (exact) mass is 235 g/mol. The number of rotatable bonds is 4. The number of hydrazine groups is 1. The molecule has 2 fully saturated rings. The molecule has 2 aliphatic rings. The number of hydrogen-bond acceptors (Lipinski definition) is 3. The molecule has 17 heavy (non-hydrogen) atoms. The van der Waals surface area contributed by atoms with Gasteiger partial charge < -0.3 is 0 Å². The Kier molecular flexibility index (Phi) is 4.44. The van der Waals surface area contributed by atoms with Gasteiger partial charge in [0.25, 0.3) is 0 Å². The van der Waals surface area contributed by atoms with Crippen LogP contribution < -0.4 is 11.3 Å². The zero-order valence-electron chi connectivity index (χ0n) is 10.8. The summed E-state index contributed by atoms with van der Waals surface area (Å²) in [5.74, 6) is 8.55. The number of nitrogens with one attached hydrogen (secondary N) is 1. The smallest absolute Gasteiger partial charge is 0.0503 e. The maximum Gasteiger partial charge on any atom is 0.0503 e. The Balaban J connectivity index is 2.15. The summed E-state index contributed by atoms with van der Waals surface area (Å²) in [6, 6.07) is 0.257. The van der Waals surface area contributed by atoms with Crippen LogP contribution in [0.2, 0.25) is 0 Å². The molecule has 1 saturated carbocycles. The quantitative estimate of drug-likeness (QED) is 0.442. The number of terminal acetylenes is 1. The van der Waals surface area contributed by atoms with Gasteiger partial charge in [0.1, 0.15) is 0 Å². The third-order valence-electron chi connectivity index (χ3n) is 4.63. The minimum atomic E-state index is 0.238. The van der Waals surface area contributed by atoms with Crippen LogP contribution in [0, 0.1) is 12.3 Å². The molecule has 3 nitrogen and oxygen atoms in total. The Hall–Kier alpha value is -0.560. The first-order valence-corrected chi connectivity index (χ1v) is 6.98. The highest BCUT2D eigenvalue weighted by atomic mass is 15.3. The highest BCUT2D eigenvalue weighted by molar-refractivity contribution is 5.07. The van der Waals surface area contributed by atoms with Gasteiger partial charge in [-0.3, -0.25) is 16.2 Å². The summed E-state index contributed by atoms with van der Waals surface area (Å²) >= 11 is 0. The van der Waals surface area contributed by atoms with Gasteiger partial charge in [0, 0.05) is 12.0 Å². The number of nitrogens with zero attached hydrogens (tertiary/aromatic N) is 1. The Morgan fingerprint density at radius 2 is 1.82 bits per heavy atom. The van der Waals surface area contributed by atoms with E-state index >= 15 is 0 Å². The van der Waals surface area contributed by atoms with Gasteiger partial charge in [-0.15, -0.1) is 12.3 Å². The van der Waals surface area contributed by atoms with Crippen molar-refractivity contribution >= 4 is 0 Å². The third-order valence-corrected chi connectivity index (χ3v) is 4.63. The molecule has 0 radical (unpaired) electrons. The van der Waals surface area contributed by atoms with Crippen LogP contribution in [0.15, 0.2) is 0 Å². The number of piperidine rings is 1. The second kappa shape index (κ2) is 5.86. The van der Waals surface area contributed by atoms with Gasteiger partial charge in [-0.05, 0) is 38.8 Å². The van der Waals surface area contributed by atoms with Gasteiger partial charge in [-0.2, -0.15) is 0 Å². The molecule has 1 atom stereocenters. The zero-order valence-corrected chi connectivity index (χ0v) is 10.8. The second-order valence-electron chi connectivity index (χ2n) is 5.49. The van der Waals surface area contributed by atoms with E-state index in [1.54, 1.807) is 0 Å². The molecule has 1 aliphatic carbocycles. The van der Waals surface area contributed by atoms with E-state index in [2.05, 4.69) is 16.2 Å². The van der Waals surface area contributed by atoms with Crippen LogP contribution in [0.3, 0.4) is 0 Å². The largest absolute Gasteiger partial charge is 0.296 e. The van der Waals surface area contributed by atoms with Crippen molar-refractivity contribution in [3.05, 3.63) is 0 Å². The molecule has 0 bridgehead atoms. The molecule has 96 valence electrons.